The highest BCUT2D eigenvalue weighted by Gasteiger charge is 2.38. The first-order valence-electron chi connectivity index (χ1n) is 5.21. The molecule has 1 saturated heterocycles. The molecule has 2 rings (SSSR count). The van der Waals surface area contributed by atoms with Crippen LogP contribution in [0.1, 0.15) is 0 Å². The number of nitrogen functional groups attached to an aromatic ring is 1. The van der Waals surface area contributed by atoms with Crippen LogP contribution in [-0.2, 0) is 10.0 Å². The van der Waals surface area contributed by atoms with Crippen molar-refractivity contribution in [2.24, 2.45) is 5.92 Å². The van der Waals surface area contributed by atoms with Crippen molar-refractivity contribution in [2.45, 2.75) is 4.90 Å². The van der Waals surface area contributed by atoms with Crippen LogP contribution in [-0.4, -0.2) is 37.5 Å². The number of nitrogens with zero attached hydrogens (tertiary/aromatic N) is 1. The number of aliphatic hydroxyl groups excluding tert-OH is 1. The first-order chi connectivity index (χ1) is 8.36. The Kier molecular flexibility index (Phi) is 4.03. The summed E-state index contributed by atoms with van der Waals surface area (Å²) in [5, 5.41) is 8.92. The van der Waals surface area contributed by atoms with Crippen LogP contribution in [0, 0.1) is 5.92 Å². The third kappa shape index (κ3) is 2.44. The molecule has 0 unspecified atom stereocenters. The Hall–Kier alpha value is -0.150. The Morgan fingerprint density at radius 3 is 2.50 bits per heavy atom. The van der Waals surface area contributed by atoms with Crippen molar-refractivity contribution in [1.29, 1.82) is 0 Å². The summed E-state index contributed by atoms with van der Waals surface area (Å²) < 4.78 is 27.2. The van der Waals surface area contributed by atoms with Gasteiger partial charge in [0, 0.05) is 34.6 Å². The van der Waals surface area contributed by atoms with Crippen LogP contribution in [0.15, 0.2) is 26.0 Å². The minimum Gasteiger partial charge on any atom is -0.398 e. The lowest BCUT2D eigenvalue weighted by molar-refractivity contribution is 0.117. The number of benzene rings is 1. The van der Waals surface area contributed by atoms with Crippen LogP contribution in [0.25, 0.3) is 0 Å². The van der Waals surface area contributed by atoms with E-state index >= 15 is 0 Å². The maximum Gasteiger partial charge on any atom is 0.246 e. The van der Waals surface area contributed by atoms with Gasteiger partial charge in [0.15, 0.2) is 0 Å². The molecule has 0 aliphatic carbocycles. The molecule has 0 saturated carbocycles. The van der Waals surface area contributed by atoms with E-state index in [0.29, 0.717) is 22.0 Å². The average Bonchev–Trinajstić information content (AvgIpc) is 2.12. The Bertz CT molecular complexity index is 547. The van der Waals surface area contributed by atoms with E-state index in [0.717, 1.165) is 0 Å². The molecule has 100 valence electrons. The van der Waals surface area contributed by atoms with Gasteiger partial charge in [-0.2, -0.15) is 4.31 Å². The normalized spacial score (nSPS) is 17.7. The number of hydrogen-bond donors (Lipinski definition) is 2. The monoisotopic (exact) mass is 398 g/mol. The largest absolute Gasteiger partial charge is 0.398 e. The third-order valence-corrected chi connectivity index (χ3v) is 6.11. The number of rotatable bonds is 3. The predicted molar refractivity (Wildman–Crippen MR) is 75.6 cm³/mol. The smallest absolute Gasteiger partial charge is 0.246 e. The van der Waals surface area contributed by atoms with Gasteiger partial charge in [-0.1, -0.05) is 15.9 Å². The van der Waals surface area contributed by atoms with E-state index in [1.165, 1.54) is 4.31 Å². The van der Waals surface area contributed by atoms with Gasteiger partial charge in [0.1, 0.15) is 4.90 Å². The van der Waals surface area contributed by atoms with Crippen molar-refractivity contribution in [3.8, 4) is 0 Å². The molecule has 0 amide bonds. The van der Waals surface area contributed by atoms with Gasteiger partial charge in [-0.05, 0) is 28.1 Å². The average molecular weight is 400 g/mol. The minimum absolute atomic E-state index is 0.00299. The maximum absolute atomic E-state index is 12.3. The number of nitrogens with two attached hydrogens (primary N) is 1. The first kappa shape index (κ1) is 14.3. The zero-order valence-electron chi connectivity index (χ0n) is 9.31. The quantitative estimate of drug-likeness (QED) is 0.752. The van der Waals surface area contributed by atoms with Gasteiger partial charge in [0.2, 0.25) is 10.0 Å². The summed E-state index contributed by atoms with van der Waals surface area (Å²) in [6.45, 7) is 0.671. The van der Waals surface area contributed by atoms with E-state index in [2.05, 4.69) is 31.9 Å². The molecule has 18 heavy (non-hydrogen) atoms. The lowest BCUT2D eigenvalue weighted by Gasteiger charge is -2.37. The topological polar surface area (TPSA) is 83.6 Å². The van der Waals surface area contributed by atoms with Gasteiger partial charge in [-0.3, -0.25) is 0 Å². The van der Waals surface area contributed by atoms with E-state index < -0.39 is 10.0 Å². The summed E-state index contributed by atoms with van der Waals surface area (Å²) in [7, 11) is -3.59. The van der Waals surface area contributed by atoms with E-state index in [1.54, 1.807) is 12.1 Å². The van der Waals surface area contributed by atoms with Crippen LogP contribution in [0.4, 0.5) is 5.69 Å². The SMILES string of the molecule is Nc1cc(Br)cc(Br)c1S(=O)(=O)N1CC(CO)C1. The molecule has 0 atom stereocenters. The molecule has 1 heterocycles. The molecule has 1 fully saturated rings. The summed E-state index contributed by atoms with van der Waals surface area (Å²) >= 11 is 6.47. The molecule has 5 nitrogen and oxygen atoms in total. The molecule has 1 aromatic rings. The summed E-state index contributed by atoms with van der Waals surface area (Å²) in [5.41, 5.74) is 5.97. The predicted octanol–water partition coefficient (Wildman–Crippen LogP) is 1.41. The second-order valence-corrected chi connectivity index (χ2v) is 7.82. The number of anilines is 1. The zero-order chi connectivity index (χ0) is 13.5. The van der Waals surface area contributed by atoms with E-state index in [9.17, 15) is 8.42 Å². The number of hydrogen-bond acceptors (Lipinski definition) is 4. The lowest BCUT2D eigenvalue weighted by Crippen LogP contribution is -2.51. The number of halogens is 2. The highest BCUT2D eigenvalue weighted by molar-refractivity contribution is 9.11. The molecule has 1 aliphatic rings. The first-order valence-corrected chi connectivity index (χ1v) is 8.24. The summed E-state index contributed by atoms with van der Waals surface area (Å²) in [6, 6.07) is 3.20. The molecule has 0 radical (unpaired) electrons. The van der Waals surface area contributed by atoms with Crippen LogP contribution in [0.5, 0.6) is 0 Å². The molecule has 0 aromatic heterocycles. The van der Waals surface area contributed by atoms with Crippen molar-refractivity contribution in [3.63, 3.8) is 0 Å². The van der Waals surface area contributed by atoms with Gasteiger partial charge >= 0.3 is 0 Å². The highest BCUT2D eigenvalue weighted by atomic mass is 79.9. The second-order valence-electron chi connectivity index (χ2n) is 4.18. The van der Waals surface area contributed by atoms with Gasteiger partial charge in [-0.25, -0.2) is 8.42 Å². The molecule has 1 aromatic carbocycles. The van der Waals surface area contributed by atoms with Crippen molar-refractivity contribution in [1.82, 2.24) is 4.31 Å². The van der Waals surface area contributed by atoms with Gasteiger partial charge < -0.3 is 10.8 Å². The summed E-state index contributed by atoms with van der Waals surface area (Å²) in [4.78, 5) is 0.0853. The Labute approximate surface area is 122 Å². The standard InChI is InChI=1S/C10H12Br2N2O3S/c11-7-1-8(12)10(9(13)2-7)18(16,17)14-3-6(4-14)5-15/h1-2,6,15H,3-5,13H2. The van der Waals surface area contributed by atoms with Crippen LogP contribution < -0.4 is 5.73 Å². The molecule has 3 N–H and O–H groups in total. The summed E-state index contributed by atoms with van der Waals surface area (Å²) in [5.74, 6) is 0.0234. The fourth-order valence-electron chi connectivity index (χ4n) is 1.82. The molecular weight excluding hydrogens is 388 g/mol. The Balaban J connectivity index is 2.37. The summed E-state index contributed by atoms with van der Waals surface area (Å²) in [6.07, 6.45) is 0. The number of aliphatic hydroxyl groups is 1. The van der Waals surface area contributed by atoms with Crippen LogP contribution in [0.3, 0.4) is 0 Å². The highest BCUT2D eigenvalue weighted by Crippen LogP contribution is 2.35. The van der Waals surface area contributed by atoms with Crippen molar-refractivity contribution < 1.29 is 13.5 Å². The Morgan fingerprint density at radius 2 is 2.00 bits per heavy atom. The lowest BCUT2D eigenvalue weighted by atomic mass is 10.1. The van der Waals surface area contributed by atoms with Crippen molar-refractivity contribution in [3.05, 3.63) is 21.1 Å². The molecule has 1 aliphatic heterocycles. The second kappa shape index (κ2) is 5.09. The Morgan fingerprint density at radius 1 is 1.39 bits per heavy atom. The molecule has 0 bridgehead atoms. The molecular formula is C10H12Br2N2O3S. The molecule has 8 heteroatoms. The van der Waals surface area contributed by atoms with Gasteiger partial charge in [-0.15, -0.1) is 0 Å². The van der Waals surface area contributed by atoms with Gasteiger partial charge in [0.25, 0.3) is 0 Å². The molecule has 0 spiro atoms. The van der Waals surface area contributed by atoms with E-state index in [-0.39, 0.29) is 23.1 Å². The third-order valence-electron chi connectivity index (χ3n) is 2.82. The van der Waals surface area contributed by atoms with Gasteiger partial charge in [0.05, 0.1) is 5.69 Å². The maximum atomic E-state index is 12.3. The zero-order valence-corrected chi connectivity index (χ0v) is 13.3. The van der Waals surface area contributed by atoms with Crippen molar-refractivity contribution in [2.75, 3.05) is 25.4 Å². The minimum atomic E-state index is -3.59. The van der Waals surface area contributed by atoms with Crippen LogP contribution >= 0.6 is 31.9 Å². The van der Waals surface area contributed by atoms with Crippen molar-refractivity contribution >= 4 is 47.6 Å². The number of sulfonamides is 1. The fourth-order valence-corrected chi connectivity index (χ4v) is 5.42. The van der Waals surface area contributed by atoms with Crippen LogP contribution in [0.2, 0.25) is 0 Å². The van der Waals surface area contributed by atoms with E-state index in [4.69, 9.17) is 10.8 Å². The fraction of sp³-hybridized carbons (Fsp3) is 0.400. The van der Waals surface area contributed by atoms with E-state index in [1.807, 2.05) is 0 Å².